The summed E-state index contributed by atoms with van der Waals surface area (Å²) in [6.07, 6.45) is 5.27. The number of hydrogen-bond acceptors (Lipinski definition) is 2. The van der Waals surface area contributed by atoms with Crippen LogP contribution in [0.2, 0.25) is 0 Å². The molecule has 1 rings (SSSR count). The molecule has 1 aliphatic heterocycles. The second kappa shape index (κ2) is 9.18. The molecule has 1 fully saturated rings. The Hall–Kier alpha value is -0.770. The number of nitrogens with one attached hydrogen (secondary N) is 2. The predicted octanol–water partition coefficient (Wildman–Crippen LogP) is 2.07. The molecule has 1 saturated heterocycles. The molecule has 2 N–H and O–H groups in total. The van der Waals surface area contributed by atoms with E-state index >= 15 is 0 Å². The molecule has 0 bridgehead atoms. The molecule has 0 aromatic heterocycles. The Morgan fingerprint density at radius 2 is 1.89 bits per heavy atom. The zero-order valence-electron chi connectivity index (χ0n) is 13.2. The van der Waals surface area contributed by atoms with Gasteiger partial charge in [-0.2, -0.15) is 0 Å². The van der Waals surface area contributed by atoms with E-state index in [1.165, 1.54) is 38.9 Å². The maximum Gasteiger partial charge on any atom is 0.191 e. The second-order valence-corrected chi connectivity index (χ2v) is 5.87. The average Bonchev–Trinajstić information content (AvgIpc) is 2.44. The number of hydrogen-bond donors (Lipinski definition) is 2. The summed E-state index contributed by atoms with van der Waals surface area (Å²) >= 11 is 0. The predicted molar refractivity (Wildman–Crippen MR) is 83.7 cm³/mol. The third-order valence-electron chi connectivity index (χ3n) is 3.86. The van der Waals surface area contributed by atoms with E-state index in [-0.39, 0.29) is 0 Å². The third-order valence-corrected chi connectivity index (χ3v) is 3.86. The van der Waals surface area contributed by atoms with E-state index in [9.17, 15) is 0 Å². The molecule has 0 saturated carbocycles. The number of aliphatic imine (C=N–C) groups is 1. The van der Waals surface area contributed by atoms with Gasteiger partial charge in [0.1, 0.15) is 0 Å². The lowest BCUT2D eigenvalue weighted by Crippen LogP contribution is -2.45. The quantitative estimate of drug-likeness (QED) is 0.572. The van der Waals surface area contributed by atoms with Crippen LogP contribution in [0.3, 0.4) is 0 Å². The van der Waals surface area contributed by atoms with Crippen molar-refractivity contribution in [2.45, 2.75) is 52.5 Å². The topological polar surface area (TPSA) is 39.7 Å². The lowest BCUT2D eigenvalue weighted by Gasteiger charge is -2.29. The number of rotatable bonds is 6. The third kappa shape index (κ3) is 6.81. The number of piperidine rings is 1. The summed E-state index contributed by atoms with van der Waals surface area (Å²) in [4.78, 5) is 6.87. The first-order chi connectivity index (χ1) is 9.15. The molecular formula is C15H32N4. The lowest BCUT2D eigenvalue weighted by atomic mass is 10.1. The normalized spacial score (nSPS) is 20.9. The molecule has 4 heteroatoms. The van der Waals surface area contributed by atoms with Gasteiger partial charge < -0.3 is 15.5 Å². The summed E-state index contributed by atoms with van der Waals surface area (Å²) < 4.78 is 0. The fourth-order valence-electron chi connectivity index (χ4n) is 2.45. The van der Waals surface area contributed by atoms with Crippen molar-refractivity contribution in [2.24, 2.45) is 10.9 Å². The Labute approximate surface area is 119 Å². The molecule has 112 valence electrons. The lowest BCUT2D eigenvalue weighted by molar-refractivity contribution is 0.201. The van der Waals surface area contributed by atoms with Gasteiger partial charge in [-0.15, -0.1) is 0 Å². The summed E-state index contributed by atoms with van der Waals surface area (Å²) in [5, 5.41) is 6.84. The molecule has 0 spiro atoms. The summed E-state index contributed by atoms with van der Waals surface area (Å²) in [5.41, 5.74) is 0. The molecule has 0 amide bonds. The van der Waals surface area contributed by atoms with Crippen LogP contribution in [0.25, 0.3) is 0 Å². The molecule has 4 nitrogen and oxygen atoms in total. The van der Waals surface area contributed by atoms with Crippen molar-refractivity contribution in [3.63, 3.8) is 0 Å². The highest BCUT2D eigenvalue weighted by atomic mass is 15.2. The smallest absolute Gasteiger partial charge is 0.191 e. The van der Waals surface area contributed by atoms with Crippen LogP contribution in [-0.4, -0.2) is 50.1 Å². The van der Waals surface area contributed by atoms with Crippen LogP contribution in [0.4, 0.5) is 0 Å². The van der Waals surface area contributed by atoms with Gasteiger partial charge >= 0.3 is 0 Å². The second-order valence-electron chi connectivity index (χ2n) is 5.87. The van der Waals surface area contributed by atoms with Gasteiger partial charge in [0.05, 0.1) is 0 Å². The van der Waals surface area contributed by atoms with Crippen molar-refractivity contribution in [1.29, 1.82) is 0 Å². The Bertz CT molecular complexity index is 259. The van der Waals surface area contributed by atoms with Crippen molar-refractivity contribution in [3.05, 3.63) is 0 Å². The molecule has 0 radical (unpaired) electrons. The summed E-state index contributed by atoms with van der Waals surface area (Å²) in [6.45, 7) is 11.4. The van der Waals surface area contributed by atoms with Gasteiger partial charge in [-0.05, 0) is 45.2 Å². The molecule has 1 heterocycles. The van der Waals surface area contributed by atoms with Crippen molar-refractivity contribution >= 4 is 5.96 Å². The Balaban J connectivity index is 2.21. The van der Waals surface area contributed by atoms with Crippen LogP contribution in [0.5, 0.6) is 0 Å². The Morgan fingerprint density at radius 3 is 2.47 bits per heavy atom. The standard InChI is InChI=1S/C15H32N4/c1-5-14(3)18-15(16-4)17-11-13(2)12-19-9-7-6-8-10-19/h13-14H,5-12H2,1-4H3,(H2,16,17,18). The van der Waals surface area contributed by atoms with E-state index in [1.807, 2.05) is 7.05 Å². The first-order valence-corrected chi connectivity index (χ1v) is 7.85. The Kier molecular flexibility index (Phi) is 7.87. The largest absolute Gasteiger partial charge is 0.356 e. The van der Waals surface area contributed by atoms with E-state index < -0.39 is 0 Å². The van der Waals surface area contributed by atoms with Crippen LogP contribution in [0, 0.1) is 5.92 Å². The first kappa shape index (κ1) is 16.3. The van der Waals surface area contributed by atoms with Gasteiger partial charge in [0.15, 0.2) is 5.96 Å². The van der Waals surface area contributed by atoms with Gasteiger partial charge in [0.25, 0.3) is 0 Å². The minimum atomic E-state index is 0.476. The number of guanidine groups is 1. The van der Waals surface area contributed by atoms with Gasteiger partial charge in [-0.1, -0.05) is 20.3 Å². The SMILES string of the molecule is CCC(C)NC(=NC)NCC(C)CN1CCCCC1. The molecule has 0 aromatic carbocycles. The maximum absolute atomic E-state index is 4.28. The minimum absolute atomic E-state index is 0.476. The minimum Gasteiger partial charge on any atom is -0.356 e. The molecule has 19 heavy (non-hydrogen) atoms. The average molecular weight is 268 g/mol. The molecule has 0 aromatic rings. The van der Waals surface area contributed by atoms with Crippen LogP contribution < -0.4 is 10.6 Å². The van der Waals surface area contributed by atoms with Gasteiger partial charge in [-0.3, -0.25) is 4.99 Å². The zero-order valence-corrected chi connectivity index (χ0v) is 13.2. The van der Waals surface area contributed by atoms with E-state index in [4.69, 9.17) is 0 Å². The summed E-state index contributed by atoms with van der Waals surface area (Å²) in [7, 11) is 1.84. The van der Waals surface area contributed by atoms with E-state index in [2.05, 4.69) is 41.3 Å². The maximum atomic E-state index is 4.28. The van der Waals surface area contributed by atoms with E-state index in [1.54, 1.807) is 0 Å². The van der Waals surface area contributed by atoms with Crippen LogP contribution in [0.15, 0.2) is 4.99 Å². The first-order valence-electron chi connectivity index (χ1n) is 7.85. The Morgan fingerprint density at radius 1 is 1.21 bits per heavy atom. The van der Waals surface area contributed by atoms with Crippen molar-refractivity contribution in [2.75, 3.05) is 33.2 Å². The van der Waals surface area contributed by atoms with Gasteiger partial charge in [0, 0.05) is 26.2 Å². The monoisotopic (exact) mass is 268 g/mol. The fourth-order valence-corrected chi connectivity index (χ4v) is 2.45. The highest BCUT2D eigenvalue weighted by molar-refractivity contribution is 5.79. The van der Waals surface area contributed by atoms with Crippen LogP contribution in [0.1, 0.15) is 46.5 Å². The molecular weight excluding hydrogens is 236 g/mol. The van der Waals surface area contributed by atoms with Crippen molar-refractivity contribution in [3.8, 4) is 0 Å². The zero-order chi connectivity index (χ0) is 14.1. The van der Waals surface area contributed by atoms with E-state index in [0.717, 1.165) is 18.9 Å². The highest BCUT2D eigenvalue weighted by Gasteiger charge is 2.13. The van der Waals surface area contributed by atoms with E-state index in [0.29, 0.717) is 12.0 Å². The summed E-state index contributed by atoms with van der Waals surface area (Å²) in [6, 6.07) is 0.476. The summed E-state index contributed by atoms with van der Waals surface area (Å²) in [5.74, 6) is 1.59. The highest BCUT2D eigenvalue weighted by Crippen LogP contribution is 2.10. The van der Waals surface area contributed by atoms with Gasteiger partial charge in [-0.25, -0.2) is 0 Å². The number of nitrogens with zero attached hydrogens (tertiary/aromatic N) is 2. The van der Waals surface area contributed by atoms with Gasteiger partial charge in [0.2, 0.25) is 0 Å². The molecule has 2 unspecified atom stereocenters. The van der Waals surface area contributed by atoms with Crippen LogP contribution in [-0.2, 0) is 0 Å². The molecule has 2 atom stereocenters. The molecule has 1 aliphatic rings. The van der Waals surface area contributed by atoms with Crippen molar-refractivity contribution in [1.82, 2.24) is 15.5 Å². The fraction of sp³-hybridized carbons (Fsp3) is 0.933. The number of likely N-dealkylation sites (tertiary alicyclic amines) is 1. The van der Waals surface area contributed by atoms with Crippen LogP contribution >= 0.6 is 0 Å². The van der Waals surface area contributed by atoms with Crippen molar-refractivity contribution < 1.29 is 0 Å². The molecule has 0 aliphatic carbocycles.